The summed E-state index contributed by atoms with van der Waals surface area (Å²) in [6.45, 7) is 6.42. The number of nitrogens with zero attached hydrogens (tertiary/aromatic N) is 3. The molecule has 1 N–H and O–H groups in total. The molecule has 31 heavy (non-hydrogen) atoms. The molecule has 2 aliphatic rings. The van der Waals surface area contributed by atoms with E-state index in [1.807, 2.05) is 11.8 Å². The second kappa shape index (κ2) is 9.91. The standard InChI is InChI=1S/C22H29FN4O4/c1-4-18(28)27-12-10-26(11-13-27)14-17-19(21(29)31-5-2)20(24-22(30)25(17)3)15-8-6-7-9-16(15)23/h6-9,20H,4-5,10-14H2,1-3H3,(H,24,30). The summed E-state index contributed by atoms with van der Waals surface area (Å²) in [4.78, 5) is 42.8. The SMILES string of the molecule is CCOC(=O)C1=C(CN2CCN(C(=O)CC)CC2)N(C)C(=O)NC1c1ccccc1F. The summed E-state index contributed by atoms with van der Waals surface area (Å²) in [6.07, 6.45) is 0.464. The van der Waals surface area contributed by atoms with Gasteiger partial charge in [0.15, 0.2) is 0 Å². The smallest absolute Gasteiger partial charge is 0.338 e. The number of benzene rings is 1. The first-order valence-electron chi connectivity index (χ1n) is 10.6. The van der Waals surface area contributed by atoms with E-state index in [9.17, 15) is 18.8 Å². The van der Waals surface area contributed by atoms with Gasteiger partial charge in [-0.2, -0.15) is 0 Å². The highest BCUT2D eigenvalue weighted by Gasteiger charge is 2.38. The van der Waals surface area contributed by atoms with E-state index < -0.39 is 23.9 Å². The topological polar surface area (TPSA) is 82.2 Å². The molecule has 1 atom stereocenters. The number of amides is 3. The highest BCUT2D eigenvalue weighted by Crippen LogP contribution is 2.32. The van der Waals surface area contributed by atoms with Gasteiger partial charge in [-0.25, -0.2) is 14.0 Å². The third-order valence-corrected chi connectivity index (χ3v) is 5.69. The van der Waals surface area contributed by atoms with Crippen molar-refractivity contribution in [2.45, 2.75) is 26.3 Å². The van der Waals surface area contributed by atoms with E-state index in [4.69, 9.17) is 4.74 Å². The van der Waals surface area contributed by atoms with Crippen LogP contribution in [0.3, 0.4) is 0 Å². The van der Waals surface area contributed by atoms with Crippen molar-refractivity contribution in [3.05, 3.63) is 46.9 Å². The molecule has 9 heteroatoms. The Labute approximate surface area is 181 Å². The fourth-order valence-corrected chi connectivity index (χ4v) is 3.93. The number of esters is 1. The average Bonchev–Trinajstić information content (AvgIpc) is 2.77. The van der Waals surface area contributed by atoms with Gasteiger partial charge < -0.3 is 15.0 Å². The number of rotatable bonds is 6. The normalized spacial score (nSPS) is 20.0. The van der Waals surface area contributed by atoms with Crippen LogP contribution < -0.4 is 5.32 Å². The van der Waals surface area contributed by atoms with E-state index in [2.05, 4.69) is 10.2 Å². The fourth-order valence-electron chi connectivity index (χ4n) is 3.93. The zero-order valence-electron chi connectivity index (χ0n) is 18.2. The fraction of sp³-hybridized carbons (Fsp3) is 0.500. The zero-order valence-corrected chi connectivity index (χ0v) is 18.2. The van der Waals surface area contributed by atoms with Gasteiger partial charge in [-0.3, -0.25) is 14.6 Å². The Morgan fingerprint density at radius 3 is 2.45 bits per heavy atom. The van der Waals surface area contributed by atoms with Crippen LogP contribution in [-0.2, 0) is 14.3 Å². The quantitative estimate of drug-likeness (QED) is 0.695. The lowest BCUT2D eigenvalue weighted by molar-refractivity contribution is -0.139. The van der Waals surface area contributed by atoms with E-state index >= 15 is 0 Å². The molecule has 0 aliphatic carbocycles. The maximum absolute atomic E-state index is 14.6. The average molecular weight is 432 g/mol. The second-order valence-electron chi connectivity index (χ2n) is 7.55. The van der Waals surface area contributed by atoms with Crippen LogP contribution in [0.25, 0.3) is 0 Å². The Balaban J connectivity index is 1.94. The van der Waals surface area contributed by atoms with Gasteiger partial charge in [-0.05, 0) is 13.0 Å². The minimum absolute atomic E-state index is 0.111. The maximum Gasteiger partial charge on any atom is 0.338 e. The second-order valence-corrected chi connectivity index (χ2v) is 7.55. The highest BCUT2D eigenvalue weighted by atomic mass is 19.1. The molecule has 3 amide bonds. The number of ether oxygens (including phenoxy) is 1. The summed E-state index contributed by atoms with van der Waals surface area (Å²) in [5.41, 5.74) is 0.912. The number of hydrogen-bond donors (Lipinski definition) is 1. The van der Waals surface area contributed by atoms with E-state index in [1.54, 1.807) is 32.2 Å². The van der Waals surface area contributed by atoms with Crippen LogP contribution in [-0.4, -0.2) is 79.0 Å². The van der Waals surface area contributed by atoms with Gasteiger partial charge in [0.05, 0.1) is 18.2 Å². The molecule has 1 fully saturated rings. The van der Waals surface area contributed by atoms with Gasteiger partial charge >= 0.3 is 12.0 Å². The summed E-state index contributed by atoms with van der Waals surface area (Å²) >= 11 is 0. The molecule has 0 aromatic heterocycles. The molecular weight excluding hydrogens is 403 g/mol. The van der Waals surface area contributed by atoms with Crippen molar-refractivity contribution < 1.29 is 23.5 Å². The van der Waals surface area contributed by atoms with Crippen LogP contribution >= 0.6 is 0 Å². The molecule has 0 spiro atoms. The minimum Gasteiger partial charge on any atom is -0.463 e. The molecule has 0 saturated carbocycles. The number of carbonyl (C=O) groups excluding carboxylic acids is 3. The Bertz CT molecular complexity index is 880. The number of piperazine rings is 1. The lowest BCUT2D eigenvalue weighted by Crippen LogP contribution is -2.53. The first kappa shape index (κ1) is 22.7. The summed E-state index contributed by atoms with van der Waals surface area (Å²) in [5.74, 6) is -0.984. The molecule has 1 aromatic carbocycles. The van der Waals surface area contributed by atoms with Gasteiger partial charge in [0.2, 0.25) is 5.91 Å². The molecule has 1 aromatic rings. The Morgan fingerprint density at radius 1 is 1.16 bits per heavy atom. The first-order chi connectivity index (χ1) is 14.9. The number of likely N-dealkylation sites (N-methyl/N-ethyl adjacent to an activating group) is 1. The van der Waals surface area contributed by atoms with Crippen molar-refractivity contribution in [1.29, 1.82) is 0 Å². The molecule has 1 saturated heterocycles. The Kier molecular flexibility index (Phi) is 7.27. The van der Waals surface area contributed by atoms with Crippen LogP contribution in [0.15, 0.2) is 35.5 Å². The third-order valence-electron chi connectivity index (χ3n) is 5.69. The molecule has 2 aliphatic heterocycles. The largest absolute Gasteiger partial charge is 0.463 e. The molecule has 168 valence electrons. The van der Waals surface area contributed by atoms with Gasteiger partial charge in [0.25, 0.3) is 0 Å². The summed E-state index contributed by atoms with van der Waals surface area (Å²) in [6, 6.07) is 4.71. The van der Waals surface area contributed by atoms with Crippen molar-refractivity contribution >= 4 is 17.9 Å². The highest BCUT2D eigenvalue weighted by molar-refractivity contribution is 5.95. The van der Waals surface area contributed by atoms with Crippen molar-refractivity contribution in [2.75, 3.05) is 46.4 Å². The zero-order chi connectivity index (χ0) is 22.5. The lowest BCUT2D eigenvalue weighted by atomic mass is 9.94. The summed E-state index contributed by atoms with van der Waals surface area (Å²) in [5, 5.41) is 2.73. The number of urea groups is 1. The number of carbonyl (C=O) groups is 3. The van der Waals surface area contributed by atoms with Crippen molar-refractivity contribution in [3.8, 4) is 0 Å². The maximum atomic E-state index is 14.6. The van der Waals surface area contributed by atoms with Crippen molar-refractivity contribution in [3.63, 3.8) is 0 Å². The van der Waals surface area contributed by atoms with Crippen molar-refractivity contribution in [2.24, 2.45) is 0 Å². The number of halogens is 1. The predicted molar refractivity (Wildman–Crippen MR) is 112 cm³/mol. The van der Waals surface area contributed by atoms with Gasteiger partial charge in [-0.15, -0.1) is 0 Å². The predicted octanol–water partition coefficient (Wildman–Crippen LogP) is 1.89. The van der Waals surface area contributed by atoms with E-state index in [-0.39, 0.29) is 23.7 Å². The summed E-state index contributed by atoms with van der Waals surface area (Å²) < 4.78 is 19.8. The molecule has 2 heterocycles. The van der Waals surface area contributed by atoms with Crippen LogP contribution in [0.2, 0.25) is 0 Å². The molecular formula is C22H29FN4O4. The lowest BCUT2D eigenvalue weighted by Gasteiger charge is -2.39. The van der Waals surface area contributed by atoms with Crippen LogP contribution in [0.1, 0.15) is 31.9 Å². The Hall–Kier alpha value is -2.94. The molecule has 3 rings (SSSR count). The third kappa shape index (κ3) is 4.87. The minimum atomic E-state index is -0.943. The molecule has 0 radical (unpaired) electrons. The Morgan fingerprint density at radius 2 is 1.84 bits per heavy atom. The van der Waals surface area contributed by atoms with Crippen molar-refractivity contribution in [1.82, 2.24) is 20.0 Å². The van der Waals surface area contributed by atoms with Gasteiger partial charge in [-0.1, -0.05) is 25.1 Å². The monoisotopic (exact) mass is 432 g/mol. The van der Waals surface area contributed by atoms with Gasteiger partial charge in [0.1, 0.15) is 5.82 Å². The van der Waals surface area contributed by atoms with E-state index in [1.165, 1.54) is 11.0 Å². The molecule has 0 bridgehead atoms. The summed E-state index contributed by atoms with van der Waals surface area (Å²) in [7, 11) is 1.58. The van der Waals surface area contributed by atoms with Crippen LogP contribution in [0.5, 0.6) is 0 Å². The molecule has 1 unspecified atom stereocenters. The number of nitrogens with one attached hydrogen (secondary N) is 1. The molecule has 8 nitrogen and oxygen atoms in total. The van der Waals surface area contributed by atoms with E-state index in [0.717, 1.165) is 0 Å². The number of hydrogen-bond acceptors (Lipinski definition) is 5. The first-order valence-corrected chi connectivity index (χ1v) is 10.6. The van der Waals surface area contributed by atoms with Gasteiger partial charge in [0, 0.05) is 57.5 Å². The van der Waals surface area contributed by atoms with Crippen LogP contribution in [0.4, 0.5) is 9.18 Å². The van der Waals surface area contributed by atoms with Crippen LogP contribution in [0, 0.1) is 5.82 Å². The van der Waals surface area contributed by atoms with E-state index in [0.29, 0.717) is 44.8 Å².